The monoisotopic (exact) mass is 479 g/mol. The van der Waals surface area contributed by atoms with Gasteiger partial charge in [0.25, 0.3) is 5.91 Å². The number of carbonyl (C=O) groups excluding carboxylic acids is 1. The zero-order valence-corrected chi connectivity index (χ0v) is 19.1. The van der Waals surface area contributed by atoms with E-state index in [2.05, 4.69) is 4.99 Å². The Balaban J connectivity index is 1.43. The minimum Gasteiger partial charge on any atom is -0.379 e. The summed E-state index contributed by atoms with van der Waals surface area (Å²) in [6, 6.07) is 13.7. The molecular formula is C21H22ClN3O4S2. The number of amidine groups is 1. The van der Waals surface area contributed by atoms with E-state index in [4.69, 9.17) is 16.3 Å². The largest absolute Gasteiger partial charge is 0.379 e. The molecule has 2 heterocycles. The first-order chi connectivity index (χ1) is 14.9. The lowest BCUT2D eigenvalue weighted by molar-refractivity contribution is 0.0730. The molecule has 31 heavy (non-hydrogen) atoms. The van der Waals surface area contributed by atoms with E-state index in [1.807, 2.05) is 24.3 Å². The van der Waals surface area contributed by atoms with Gasteiger partial charge in [0.05, 0.1) is 24.7 Å². The minimum atomic E-state index is -3.59. The van der Waals surface area contributed by atoms with E-state index in [0.29, 0.717) is 60.9 Å². The molecule has 0 N–H and O–H groups in total. The summed E-state index contributed by atoms with van der Waals surface area (Å²) in [6.45, 7) is 2.50. The third kappa shape index (κ3) is 5.12. The second-order valence-electron chi connectivity index (χ2n) is 7.08. The first kappa shape index (κ1) is 22.3. The van der Waals surface area contributed by atoms with Crippen LogP contribution in [-0.4, -0.2) is 68.1 Å². The molecule has 7 nitrogen and oxygen atoms in total. The van der Waals surface area contributed by atoms with E-state index in [1.165, 1.54) is 28.2 Å². The Hall–Kier alpha value is -1.91. The van der Waals surface area contributed by atoms with E-state index in [9.17, 15) is 13.2 Å². The van der Waals surface area contributed by atoms with Crippen LogP contribution in [-0.2, 0) is 20.5 Å². The van der Waals surface area contributed by atoms with Crippen LogP contribution in [0.2, 0.25) is 5.02 Å². The maximum atomic E-state index is 13.0. The Morgan fingerprint density at radius 1 is 1.10 bits per heavy atom. The van der Waals surface area contributed by atoms with E-state index >= 15 is 0 Å². The molecule has 0 aliphatic carbocycles. The van der Waals surface area contributed by atoms with Crippen LogP contribution in [0.1, 0.15) is 15.9 Å². The van der Waals surface area contributed by atoms with Crippen molar-refractivity contribution in [2.75, 3.05) is 39.4 Å². The standard InChI is InChI=1S/C21H22ClN3O4S2/c22-18-3-1-2-16(14-18)15-30-21-23-8-9-25(21)20(26)17-4-6-19(7-5-17)31(27,28)24-10-12-29-13-11-24/h1-7,14H,8-13,15H2. The van der Waals surface area contributed by atoms with Crippen molar-refractivity contribution < 1.29 is 17.9 Å². The topological polar surface area (TPSA) is 79.3 Å². The number of carbonyl (C=O) groups is 1. The van der Waals surface area contributed by atoms with Crippen molar-refractivity contribution in [1.29, 1.82) is 0 Å². The van der Waals surface area contributed by atoms with Gasteiger partial charge in [0.1, 0.15) is 0 Å². The molecule has 2 aromatic rings. The van der Waals surface area contributed by atoms with E-state index < -0.39 is 10.0 Å². The summed E-state index contributed by atoms with van der Waals surface area (Å²) >= 11 is 7.52. The predicted molar refractivity (Wildman–Crippen MR) is 122 cm³/mol. The number of rotatable bonds is 5. The number of thioether (sulfide) groups is 1. The molecule has 1 amide bonds. The Morgan fingerprint density at radius 3 is 2.55 bits per heavy atom. The van der Waals surface area contributed by atoms with Crippen molar-refractivity contribution in [1.82, 2.24) is 9.21 Å². The molecule has 164 valence electrons. The number of hydrogen-bond donors (Lipinski definition) is 0. The Kier molecular flexibility index (Phi) is 6.98. The highest BCUT2D eigenvalue weighted by molar-refractivity contribution is 8.13. The minimum absolute atomic E-state index is 0.177. The Morgan fingerprint density at radius 2 is 1.84 bits per heavy atom. The van der Waals surface area contributed by atoms with Gasteiger partial charge in [-0.05, 0) is 42.0 Å². The summed E-state index contributed by atoms with van der Waals surface area (Å²) in [5, 5.41) is 1.33. The molecule has 0 spiro atoms. The summed E-state index contributed by atoms with van der Waals surface area (Å²) in [6.07, 6.45) is 0. The van der Waals surface area contributed by atoms with Crippen LogP contribution in [0.4, 0.5) is 0 Å². The van der Waals surface area contributed by atoms with Gasteiger partial charge in [-0.15, -0.1) is 0 Å². The van der Waals surface area contributed by atoms with Gasteiger partial charge in [0.2, 0.25) is 10.0 Å². The summed E-state index contributed by atoms with van der Waals surface area (Å²) in [7, 11) is -3.59. The predicted octanol–water partition coefficient (Wildman–Crippen LogP) is 3.11. The molecule has 2 aliphatic rings. The number of halogens is 1. The van der Waals surface area contributed by atoms with E-state index in [1.54, 1.807) is 17.0 Å². The van der Waals surface area contributed by atoms with Crippen LogP contribution in [0.3, 0.4) is 0 Å². The van der Waals surface area contributed by atoms with Gasteiger partial charge < -0.3 is 4.74 Å². The highest BCUT2D eigenvalue weighted by atomic mass is 35.5. The Bertz CT molecular complexity index is 1080. The number of amides is 1. The van der Waals surface area contributed by atoms with Crippen molar-refractivity contribution >= 4 is 44.5 Å². The van der Waals surface area contributed by atoms with E-state index in [0.717, 1.165) is 5.56 Å². The molecule has 0 bridgehead atoms. The molecule has 1 fully saturated rings. The van der Waals surface area contributed by atoms with Crippen LogP contribution in [0, 0.1) is 0 Å². The summed E-state index contributed by atoms with van der Waals surface area (Å²) in [4.78, 5) is 19.3. The normalized spacial score (nSPS) is 17.6. The van der Waals surface area contributed by atoms with Crippen LogP contribution in [0.15, 0.2) is 58.4 Å². The van der Waals surface area contributed by atoms with Crippen molar-refractivity contribution in [2.24, 2.45) is 4.99 Å². The molecule has 1 saturated heterocycles. The highest BCUT2D eigenvalue weighted by Crippen LogP contribution is 2.24. The molecule has 0 saturated carbocycles. The Labute approximate surface area is 191 Å². The number of aliphatic imine (C=N–C) groups is 1. The van der Waals surface area contributed by atoms with Gasteiger partial charge in [-0.2, -0.15) is 4.31 Å². The molecule has 0 atom stereocenters. The third-order valence-corrected chi connectivity index (χ3v) is 8.25. The molecule has 2 aliphatic heterocycles. The number of morpholine rings is 1. The lowest BCUT2D eigenvalue weighted by Crippen LogP contribution is -2.40. The number of benzene rings is 2. The second kappa shape index (κ2) is 9.70. The zero-order valence-electron chi connectivity index (χ0n) is 16.7. The molecule has 10 heteroatoms. The first-order valence-corrected chi connectivity index (χ1v) is 12.7. The zero-order chi connectivity index (χ0) is 21.8. The SMILES string of the molecule is O=C(c1ccc(S(=O)(=O)N2CCOCC2)cc1)N1CCN=C1SCc1cccc(Cl)c1. The molecule has 0 unspecified atom stereocenters. The van der Waals surface area contributed by atoms with Gasteiger partial charge in [-0.1, -0.05) is 35.5 Å². The quantitative estimate of drug-likeness (QED) is 0.658. The second-order valence-corrected chi connectivity index (χ2v) is 10.4. The fourth-order valence-electron chi connectivity index (χ4n) is 3.37. The summed E-state index contributed by atoms with van der Waals surface area (Å²) in [5.41, 5.74) is 1.48. The average Bonchev–Trinajstić information content (AvgIpc) is 3.26. The average molecular weight is 480 g/mol. The highest BCUT2D eigenvalue weighted by Gasteiger charge is 2.28. The van der Waals surface area contributed by atoms with Gasteiger partial charge in [0, 0.05) is 36.0 Å². The lowest BCUT2D eigenvalue weighted by Gasteiger charge is -2.26. The van der Waals surface area contributed by atoms with Crippen molar-refractivity contribution in [2.45, 2.75) is 10.6 Å². The third-order valence-electron chi connectivity index (χ3n) is 5.01. The maximum absolute atomic E-state index is 13.0. The fraction of sp³-hybridized carbons (Fsp3) is 0.333. The smallest absolute Gasteiger partial charge is 0.259 e. The fourth-order valence-corrected chi connectivity index (χ4v) is 5.98. The first-order valence-electron chi connectivity index (χ1n) is 9.87. The molecular weight excluding hydrogens is 458 g/mol. The number of sulfonamides is 1. The molecule has 4 rings (SSSR count). The lowest BCUT2D eigenvalue weighted by atomic mass is 10.2. The number of ether oxygens (including phenoxy) is 1. The summed E-state index contributed by atoms with van der Waals surface area (Å²) in [5.74, 6) is 0.463. The number of hydrogen-bond acceptors (Lipinski definition) is 6. The van der Waals surface area contributed by atoms with Crippen LogP contribution in [0.5, 0.6) is 0 Å². The number of nitrogens with zero attached hydrogens (tertiary/aromatic N) is 3. The van der Waals surface area contributed by atoms with Crippen LogP contribution >= 0.6 is 23.4 Å². The van der Waals surface area contributed by atoms with Gasteiger partial charge in [-0.3, -0.25) is 14.7 Å². The molecule has 0 aromatic heterocycles. The van der Waals surface area contributed by atoms with Crippen LogP contribution < -0.4 is 0 Å². The maximum Gasteiger partial charge on any atom is 0.259 e. The molecule has 2 aromatic carbocycles. The van der Waals surface area contributed by atoms with Crippen molar-refractivity contribution in [3.63, 3.8) is 0 Å². The van der Waals surface area contributed by atoms with Crippen molar-refractivity contribution in [3.8, 4) is 0 Å². The van der Waals surface area contributed by atoms with E-state index in [-0.39, 0.29) is 10.8 Å². The molecule has 0 radical (unpaired) electrons. The van der Waals surface area contributed by atoms with Gasteiger partial charge >= 0.3 is 0 Å². The van der Waals surface area contributed by atoms with Crippen LogP contribution in [0.25, 0.3) is 0 Å². The van der Waals surface area contributed by atoms with Crippen molar-refractivity contribution in [3.05, 3.63) is 64.7 Å². The van der Waals surface area contributed by atoms with Gasteiger partial charge in [-0.25, -0.2) is 8.42 Å². The summed E-state index contributed by atoms with van der Waals surface area (Å²) < 4.78 is 32.2. The van der Waals surface area contributed by atoms with Gasteiger partial charge in [0.15, 0.2) is 5.17 Å².